The zero-order valence-corrected chi connectivity index (χ0v) is 9.46. The van der Waals surface area contributed by atoms with Gasteiger partial charge in [0.2, 0.25) is 0 Å². The maximum atomic E-state index is 13.4. The Hall–Kier alpha value is -1.21. The molecule has 1 rings (SSSR count). The highest BCUT2D eigenvalue weighted by molar-refractivity contribution is 9.10. The lowest BCUT2D eigenvalue weighted by Gasteiger charge is -2.11. The van der Waals surface area contributed by atoms with Crippen molar-refractivity contribution in [3.8, 4) is 5.75 Å². The molecule has 0 bridgehead atoms. The molecule has 16 heavy (non-hydrogen) atoms. The van der Waals surface area contributed by atoms with Crippen LogP contribution < -0.4 is 5.73 Å². The molecule has 1 atom stereocenters. The van der Waals surface area contributed by atoms with Crippen LogP contribution in [-0.2, 0) is 11.2 Å². The predicted octanol–water partition coefficient (Wildman–Crippen LogP) is 1.39. The molecule has 0 aliphatic carbocycles. The van der Waals surface area contributed by atoms with Crippen LogP contribution in [0.15, 0.2) is 10.5 Å². The number of phenolic OH excluding ortho intramolecular Hbond substituents is 1. The first-order valence-corrected chi connectivity index (χ1v) is 4.97. The molecule has 0 radical (unpaired) electrons. The average molecular weight is 296 g/mol. The second-order valence-electron chi connectivity index (χ2n) is 3.13. The Bertz CT molecular complexity index is 413. The van der Waals surface area contributed by atoms with E-state index in [1.54, 1.807) is 0 Å². The van der Waals surface area contributed by atoms with Crippen LogP contribution in [0, 0.1) is 11.6 Å². The van der Waals surface area contributed by atoms with Crippen molar-refractivity contribution >= 4 is 21.9 Å². The van der Waals surface area contributed by atoms with Crippen molar-refractivity contribution in [3.05, 3.63) is 27.7 Å². The number of benzene rings is 1. The summed E-state index contributed by atoms with van der Waals surface area (Å²) >= 11 is 2.74. The monoisotopic (exact) mass is 295 g/mol. The number of nitrogens with two attached hydrogens (primary N) is 1. The number of carboxylic acids is 1. The van der Waals surface area contributed by atoms with Crippen molar-refractivity contribution in [1.29, 1.82) is 0 Å². The summed E-state index contributed by atoms with van der Waals surface area (Å²) in [4.78, 5) is 10.5. The van der Waals surface area contributed by atoms with E-state index in [0.29, 0.717) is 0 Å². The molecule has 0 saturated carbocycles. The van der Waals surface area contributed by atoms with Gasteiger partial charge in [-0.3, -0.25) is 4.79 Å². The molecule has 1 aromatic rings. The van der Waals surface area contributed by atoms with E-state index in [1.807, 2.05) is 0 Å². The van der Waals surface area contributed by atoms with E-state index in [1.165, 1.54) is 0 Å². The third-order valence-corrected chi connectivity index (χ3v) is 2.56. The van der Waals surface area contributed by atoms with Crippen LogP contribution in [0.3, 0.4) is 0 Å². The number of hydrogen-bond donors (Lipinski definition) is 3. The number of carboxylic acid groups (broad SMARTS) is 1. The molecule has 0 heterocycles. The number of aromatic hydroxyl groups is 1. The fourth-order valence-electron chi connectivity index (χ4n) is 1.13. The fraction of sp³-hybridized carbons (Fsp3) is 0.222. The van der Waals surface area contributed by atoms with Crippen molar-refractivity contribution < 1.29 is 23.8 Å². The van der Waals surface area contributed by atoms with Gasteiger partial charge in [0.1, 0.15) is 11.9 Å². The standard InChI is InChI=1S/C9H8BrF2NO3/c10-4-2-5(11)8(14)3(7(4)12)1-6(13)9(15)16/h2,6,14H,1,13H2,(H,15,16). The van der Waals surface area contributed by atoms with E-state index >= 15 is 0 Å². The van der Waals surface area contributed by atoms with E-state index in [0.717, 1.165) is 6.07 Å². The topological polar surface area (TPSA) is 83.5 Å². The first-order valence-electron chi connectivity index (χ1n) is 4.18. The Morgan fingerprint density at radius 2 is 2.12 bits per heavy atom. The number of rotatable bonds is 3. The largest absolute Gasteiger partial charge is 0.505 e. The highest BCUT2D eigenvalue weighted by Gasteiger charge is 2.22. The van der Waals surface area contributed by atoms with E-state index in [4.69, 9.17) is 10.8 Å². The number of phenols is 1. The summed E-state index contributed by atoms with van der Waals surface area (Å²) in [7, 11) is 0. The molecule has 4 nitrogen and oxygen atoms in total. The van der Waals surface area contributed by atoms with Gasteiger partial charge in [-0.15, -0.1) is 0 Å². The Labute approximate surface area is 97.8 Å². The molecule has 0 aliphatic rings. The summed E-state index contributed by atoms with van der Waals surface area (Å²) in [6.07, 6.45) is -0.497. The van der Waals surface area contributed by atoms with Crippen molar-refractivity contribution in [2.24, 2.45) is 5.73 Å². The van der Waals surface area contributed by atoms with Gasteiger partial charge in [-0.2, -0.15) is 0 Å². The van der Waals surface area contributed by atoms with Gasteiger partial charge in [-0.1, -0.05) is 0 Å². The Balaban J connectivity index is 3.17. The molecule has 4 N–H and O–H groups in total. The zero-order valence-electron chi connectivity index (χ0n) is 7.88. The van der Waals surface area contributed by atoms with Gasteiger partial charge in [0.25, 0.3) is 0 Å². The van der Waals surface area contributed by atoms with Gasteiger partial charge in [0.15, 0.2) is 11.6 Å². The van der Waals surface area contributed by atoms with E-state index in [2.05, 4.69) is 15.9 Å². The lowest BCUT2D eigenvalue weighted by atomic mass is 10.0. The van der Waals surface area contributed by atoms with E-state index in [9.17, 15) is 18.7 Å². The SMILES string of the molecule is NC(Cc1c(O)c(F)cc(Br)c1F)C(=O)O. The van der Waals surface area contributed by atoms with Crippen LogP contribution in [0.2, 0.25) is 0 Å². The summed E-state index contributed by atoms with van der Waals surface area (Å²) in [5, 5.41) is 17.8. The van der Waals surface area contributed by atoms with Crippen molar-refractivity contribution in [2.45, 2.75) is 12.5 Å². The summed E-state index contributed by atoms with van der Waals surface area (Å²) in [5.74, 6) is -4.24. The first kappa shape index (κ1) is 12.9. The molecular formula is C9H8BrF2NO3. The minimum absolute atomic E-state index is 0.199. The molecule has 0 aliphatic heterocycles. The fourth-order valence-corrected chi connectivity index (χ4v) is 1.57. The van der Waals surface area contributed by atoms with E-state index in [-0.39, 0.29) is 4.47 Å². The molecule has 0 fully saturated rings. The predicted molar refractivity (Wildman–Crippen MR) is 55.0 cm³/mol. The minimum Gasteiger partial charge on any atom is -0.505 e. The van der Waals surface area contributed by atoms with Crippen molar-refractivity contribution in [3.63, 3.8) is 0 Å². The zero-order chi connectivity index (χ0) is 12.5. The minimum atomic E-state index is -1.41. The van der Waals surface area contributed by atoms with Gasteiger partial charge in [-0.25, -0.2) is 8.78 Å². The molecule has 0 amide bonds. The van der Waals surface area contributed by atoms with Crippen LogP contribution in [-0.4, -0.2) is 22.2 Å². The van der Waals surface area contributed by atoms with Crippen LogP contribution in [0.25, 0.3) is 0 Å². The van der Waals surface area contributed by atoms with Crippen LogP contribution >= 0.6 is 15.9 Å². The molecule has 0 spiro atoms. The van der Waals surface area contributed by atoms with Crippen LogP contribution in [0.4, 0.5) is 8.78 Å². The van der Waals surface area contributed by atoms with Crippen molar-refractivity contribution in [2.75, 3.05) is 0 Å². The van der Waals surface area contributed by atoms with Crippen molar-refractivity contribution in [1.82, 2.24) is 0 Å². The highest BCUT2D eigenvalue weighted by Crippen LogP contribution is 2.30. The van der Waals surface area contributed by atoms with Gasteiger partial charge in [0.05, 0.1) is 4.47 Å². The maximum absolute atomic E-state index is 13.4. The van der Waals surface area contributed by atoms with Gasteiger partial charge in [0, 0.05) is 12.0 Å². The quantitative estimate of drug-likeness (QED) is 0.736. The average Bonchev–Trinajstić information content (AvgIpc) is 2.21. The first-order chi connectivity index (χ1) is 7.34. The summed E-state index contributed by atoms with van der Waals surface area (Å²) in [5.41, 5.74) is 4.71. The molecule has 7 heteroatoms. The number of hydrogen-bond acceptors (Lipinski definition) is 3. The lowest BCUT2D eigenvalue weighted by molar-refractivity contribution is -0.138. The lowest BCUT2D eigenvalue weighted by Crippen LogP contribution is -2.32. The summed E-state index contributed by atoms with van der Waals surface area (Å²) < 4.78 is 26.3. The molecule has 1 unspecified atom stereocenters. The third kappa shape index (κ3) is 2.48. The third-order valence-electron chi connectivity index (χ3n) is 1.98. The second-order valence-corrected chi connectivity index (χ2v) is 3.98. The van der Waals surface area contributed by atoms with Gasteiger partial charge < -0.3 is 15.9 Å². The molecule has 0 saturated heterocycles. The second kappa shape index (κ2) is 4.75. The smallest absolute Gasteiger partial charge is 0.320 e. The number of carbonyl (C=O) groups is 1. The molecule has 0 aromatic heterocycles. The summed E-state index contributed by atoms with van der Waals surface area (Å²) in [6.45, 7) is 0. The number of halogens is 3. The Kier molecular flexibility index (Phi) is 3.82. The number of aliphatic carboxylic acids is 1. The highest BCUT2D eigenvalue weighted by atomic mass is 79.9. The molecule has 1 aromatic carbocycles. The Morgan fingerprint density at radius 1 is 1.56 bits per heavy atom. The summed E-state index contributed by atoms with van der Waals surface area (Å²) in [6, 6.07) is -0.658. The molecular weight excluding hydrogens is 288 g/mol. The van der Waals surface area contributed by atoms with E-state index < -0.39 is 41.4 Å². The normalized spacial score (nSPS) is 12.5. The van der Waals surface area contributed by atoms with Gasteiger partial charge >= 0.3 is 5.97 Å². The Morgan fingerprint density at radius 3 is 2.62 bits per heavy atom. The van der Waals surface area contributed by atoms with Crippen LogP contribution in [0.1, 0.15) is 5.56 Å². The van der Waals surface area contributed by atoms with Gasteiger partial charge in [-0.05, 0) is 22.0 Å². The maximum Gasteiger partial charge on any atom is 0.320 e. The van der Waals surface area contributed by atoms with Crippen LogP contribution in [0.5, 0.6) is 5.75 Å². The molecule has 88 valence electrons.